The molecule has 0 aromatic carbocycles. The molecule has 0 atom stereocenters. The summed E-state index contributed by atoms with van der Waals surface area (Å²) in [6.45, 7) is 7.71. The highest BCUT2D eigenvalue weighted by molar-refractivity contribution is 7.99. The van der Waals surface area contributed by atoms with E-state index in [4.69, 9.17) is 0 Å². The van der Waals surface area contributed by atoms with Gasteiger partial charge in [0, 0.05) is 37.5 Å². The third kappa shape index (κ3) is 3.74. The third-order valence-electron chi connectivity index (χ3n) is 4.98. The van der Waals surface area contributed by atoms with Crippen molar-refractivity contribution < 1.29 is 0 Å². The lowest BCUT2D eigenvalue weighted by Crippen LogP contribution is -2.37. The summed E-state index contributed by atoms with van der Waals surface area (Å²) in [7, 11) is 3.22. The van der Waals surface area contributed by atoms with Gasteiger partial charge in [0.2, 0.25) is 0 Å². The largest absolute Gasteiger partial charge is 0.332 e. The van der Waals surface area contributed by atoms with Gasteiger partial charge in [0.15, 0.2) is 0 Å². The monoisotopic (exact) mass is 376 g/mol. The fraction of sp³-hybridized carbons (Fsp3) is 0.632. The maximum Gasteiger partial charge on any atom is 0.332 e. The van der Waals surface area contributed by atoms with E-state index in [1.165, 1.54) is 42.1 Å². The third-order valence-corrected chi connectivity index (χ3v) is 6.12. The zero-order valence-electron chi connectivity index (χ0n) is 16.1. The van der Waals surface area contributed by atoms with Gasteiger partial charge in [-0.1, -0.05) is 13.8 Å². The molecule has 0 saturated carbocycles. The molecule has 1 saturated heterocycles. The van der Waals surface area contributed by atoms with Crippen molar-refractivity contribution in [3.8, 4) is 0 Å². The Hall–Kier alpha value is -1.60. The molecule has 0 aliphatic carbocycles. The molecule has 2 aromatic rings. The summed E-state index contributed by atoms with van der Waals surface area (Å²) in [5.41, 5.74) is 1.01. The van der Waals surface area contributed by atoms with E-state index < -0.39 is 0 Å². The molecule has 1 fully saturated rings. The summed E-state index contributed by atoms with van der Waals surface area (Å²) < 4.78 is 2.66. The first kappa shape index (κ1) is 19.2. The highest BCUT2D eigenvalue weighted by Crippen LogP contribution is 2.30. The van der Waals surface area contributed by atoms with Gasteiger partial charge in [0.1, 0.15) is 5.65 Å². The molecule has 0 N–H and O–H groups in total. The Morgan fingerprint density at radius 1 is 1.15 bits per heavy atom. The summed E-state index contributed by atoms with van der Waals surface area (Å²) >= 11 is 1.73. The summed E-state index contributed by atoms with van der Waals surface area (Å²) in [6.07, 6.45) is 5.29. The number of likely N-dealkylation sites (tertiary alicyclic amines) is 1. The smallest absolute Gasteiger partial charge is 0.303 e. The van der Waals surface area contributed by atoms with Gasteiger partial charge >= 0.3 is 5.69 Å². The molecule has 6 nitrogen and oxygen atoms in total. The molecule has 142 valence electrons. The Labute approximate surface area is 158 Å². The van der Waals surface area contributed by atoms with Crippen LogP contribution in [0.4, 0.5) is 0 Å². The van der Waals surface area contributed by atoms with Gasteiger partial charge < -0.3 is 4.90 Å². The first-order valence-corrected chi connectivity index (χ1v) is 10.3. The van der Waals surface area contributed by atoms with Gasteiger partial charge in [-0.15, -0.1) is 11.8 Å². The molecule has 3 rings (SSSR count). The van der Waals surface area contributed by atoms with Crippen LogP contribution in [0.5, 0.6) is 0 Å². The van der Waals surface area contributed by atoms with Crippen molar-refractivity contribution in [3.63, 3.8) is 0 Å². The molecule has 3 heterocycles. The number of rotatable bonds is 6. The SMILES string of the molecule is CC(C)Cc1cnc2c(c1SCCN1CCCC1)c(=O)n(C)c(=O)n2C. The topological polar surface area (TPSA) is 60.1 Å². The Balaban J connectivity index is 2.05. The number of fused-ring (bicyclic) bond motifs is 1. The summed E-state index contributed by atoms with van der Waals surface area (Å²) in [5, 5.41) is 0.583. The Morgan fingerprint density at radius 2 is 1.85 bits per heavy atom. The minimum Gasteiger partial charge on any atom is -0.303 e. The predicted octanol–water partition coefficient (Wildman–Crippen LogP) is 2.02. The van der Waals surface area contributed by atoms with E-state index in [0.717, 1.165) is 29.2 Å². The van der Waals surface area contributed by atoms with Gasteiger partial charge in [-0.3, -0.25) is 13.9 Å². The second-order valence-corrected chi connectivity index (χ2v) is 8.62. The van der Waals surface area contributed by atoms with Crippen LogP contribution in [0.1, 0.15) is 32.3 Å². The van der Waals surface area contributed by atoms with Crippen molar-refractivity contribution in [3.05, 3.63) is 32.6 Å². The number of hydrogen-bond acceptors (Lipinski definition) is 5. The van der Waals surface area contributed by atoms with E-state index in [1.54, 1.807) is 18.8 Å². The van der Waals surface area contributed by atoms with Gasteiger partial charge in [0.05, 0.1) is 5.39 Å². The Morgan fingerprint density at radius 3 is 2.50 bits per heavy atom. The van der Waals surface area contributed by atoms with E-state index in [0.29, 0.717) is 17.0 Å². The van der Waals surface area contributed by atoms with E-state index in [-0.39, 0.29) is 11.2 Å². The fourth-order valence-electron chi connectivity index (χ4n) is 3.57. The van der Waals surface area contributed by atoms with Crippen LogP contribution in [0.3, 0.4) is 0 Å². The molecule has 26 heavy (non-hydrogen) atoms. The lowest BCUT2D eigenvalue weighted by Gasteiger charge is -2.17. The van der Waals surface area contributed by atoms with E-state index in [9.17, 15) is 9.59 Å². The molecule has 0 spiro atoms. The van der Waals surface area contributed by atoms with Crippen LogP contribution < -0.4 is 11.2 Å². The van der Waals surface area contributed by atoms with Gasteiger partial charge in [0.25, 0.3) is 5.56 Å². The number of aromatic nitrogens is 3. The zero-order valence-corrected chi connectivity index (χ0v) is 16.9. The molecule has 1 aliphatic heterocycles. The summed E-state index contributed by atoms with van der Waals surface area (Å²) in [5.74, 6) is 1.42. The van der Waals surface area contributed by atoms with Crippen molar-refractivity contribution in [2.45, 2.75) is 38.0 Å². The number of pyridine rings is 1. The molecule has 1 aliphatic rings. The zero-order chi connectivity index (χ0) is 18.8. The van der Waals surface area contributed by atoms with Crippen molar-refractivity contribution in [1.29, 1.82) is 0 Å². The van der Waals surface area contributed by atoms with Crippen LogP contribution >= 0.6 is 11.8 Å². The molecular formula is C19H28N4O2S. The molecule has 0 radical (unpaired) electrons. The molecular weight excluding hydrogens is 348 g/mol. The molecule has 7 heteroatoms. The maximum absolute atomic E-state index is 12.9. The first-order valence-electron chi connectivity index (χ1n) is 9.33. The lowest BCUT2D eigenvalue weighted by atomic mass is 10.0. The molecule has 2 aromatic heterocycles. The number of nitrogens with zero attached hydrogens (tertiary/aromatic N) is 4. The van der Waals surface area contributed by atoms with Crippen LogP contribution in [-0.2, 0) is 20.5 Å². The van der Waals surface area contributed by atoms with E-state index in [2.05, 4.69) is 23.7 Å². The fourth-order valence-corrected chi connectivity index (χ4v) is 4.77. The summed E-state index contributed by atoms with van der Waals surface area (Å²) in [6, 6.07) is 0. The second kappa shape index (κ2) is 7.96. The Bertz CT molecular complexity index is 910. The highest BCUT2D eigenvalue weighted by atomic mass is 32.2. The van der Waals surface area contributed by atoms with Crippen LogP contribution in [0.15, 0.2) is 20.7 Å². The summed E-state index contributed by atoms with van der Waals surface area (Å²) in [4.78, 5) is 33.0. The molecule has 0 amide bonds. The van der Waals surface area contributed by atoms with Crippen LogP contribution in [0, 0.1) is 5.92 Å². The number of thioether (sulfide) groups is 1. The minimum atomic E-state index is -0.334. The van der Waals surface area contributed by atoms with Crippen LogP contribution in [-0.4, -0.2) is 44.4 Å². The van der Waals surface area contributed by atoms with E-state index >= 15 is 0 Å². The minimum absolute atomic E-state index is 0.245. The van der Waals surface area contributed by atoms with Crippen LogP contribution in [0.25, 0.3) is 11.0 Å². The highest BCUT2D eigenvalue weighted by Gasteiger charge is 2.19. The second-order valence-electron chi connectivity index (χ2n) is 7.51. The maximum atomic E-state index is 12.9. The number of aryl methyl sites for hydroxylation is 1. The van der Waals surface area contributed by atoms with Gasteiger partial charge in [-0.2, -0.15) is 0 Å². The quantitative estimate of drug-likeness (QED) is 0.722. The Kier molecular flexibility index (Phi) is 5.87. The predicted molar refractivity (Wildman–Crippen MR) is 107 cm³/mol. The standard InChI is InChI=1S/C19H28N4O2S/c1-13(2)11-14-12-20-17-15(18(24)22(4)19(25)21(17)3)16(14)26-10-9-23-7-5-6-8-23/h12-13H,5-11H2,1-4H3. The van der Waals surface area contributed by atoms with Gasteiger partial charge in [-0.25, -0.2) is 9.78 Å². The van der Waals surface area contributed by atoms with Crippen molar-refractivity contribution in [1.82, 2.24) is 19.0 Å². The average molecular weight is 377 g/mol. The van der Waals surface area contributed by atoms with Crippen LogP contribution in [0.2, 0.25) is 0 Å². The van der Waals surface area contributed by atoms with Crippen molar-refractivity contribution in [2.75, 3.05) is 25.4 Å². The average Bonchev–Trinajstić information content (AvgIpc) is 3.12. The number of hydrogen-bond donors (Lipinski definition) is 0. The van der Waals surface area contributed by atoms with E-state index in [1.807, 2.05) is 6.20 Å². The molecule has 0 unspecified atom stereocenters. The first-order chi connectivity index (χ1) is 12.4. The van der Waals surface area contributed by atoms with Crippen molar-refractivity contribution in [2.24, 2.45) is 20.0 Å². The lowest BCUT2D eigenvalue weighted by molar-refractivity contribution is 0.362. The van der Waals surface area contributed by atoms with Gasteiger partial charge in [-0.05, 0) is 43.8 Å². The van der Waals surface area contributed by atoms with Crippen molar-refractivity contribution >= 4 is 22.8 Å². The molecule has 0 bridgehead atoms. The normalized spacial score (nSPS) is 15.4.